The van der Waals surface area contributed by atoms with Crippen molar-refractivity contribution in [3.05, 3.63) is 88.0 Å². The zero-order valence-electron chi connectivity index (χ0n) is 25.2. The Morgan fingerprint density at radius 2 is 1.68 bits per heavy atom. The number of phenols is 1. The number of fused-ring (bicyclic) bond motifs is 1. The summed E-state index contributed by atoms with van der Waals surface area (Å²) < 4.78 is 11.6. The number of nitrogens with one attached hydrogen (secondary N) is 1. The monoisotopic (exact) mass is 545 g/mol. The van der Waals surface area contributed by atoms with Gasteiger partial charge in [0.1, 0.15) is 22.8 Å². The Labute approximate surface area is 241 Å². The van der Waals surface area contributed by atoms with Crippen LogP contribution in [0.15, 0.2) is 71.3 Å². The highest BCUT2D eigenvalue weighted by Crippen LogP contribution is 2.39. The molecule has 1 amide bonds. The number of aromatic hydroxyl groups is 1. The van der Waals surface area contributed by atoms with Gasteiger partial charge in [0.05, 0.1) is 7.11 Å². The minimum absolute atomic E-state index is 0.0238. The second kappa shape index (κ2) is 14.8. The van der Waals surface area contributed by atoms with E-state index in [1.165, 1.54) is 11.1 Å². The number of carbonyl (C=O) groups excluding carboxylic acids is 1. The van der Waals surface area contributed by atoms with Crippen molar-refractivity contribution >= 4 is 5.91 Å². The molecule has 0 saturated heterocycles. The van der Waals surface area contributed by atoms with Gasteiger partial charge in [-0.25, -0.2) is 0 Å². The molecule has 1 atom stereocenters. The lowest BCUT2D eigenvalue weighted by Crippen LogP contribution is -2.36. The average molecular weight is 546 g/mol. The Morgan fingerprint density at radius 3 is 2.35 bits per heavy atom. The van der Waals surface area contributed by atoms with E-state index < -0.39 is 0 Å². The van der Waals surface area contributed by atoms with Crippen LogP contribution in [-0.4, -0.2) is 23.7 Å². The summed E-state index contributed by atoms with van der Waals surface area (Å²) in [7, 11) is 1.64. The van der Waals surface area contributed by atoms with Gasteiger partial charge in [-0.1, -0.05) is 41.5 Å². The van der Waals surface area contributed by atoms with Crippen LogP contribution in [0.25, 0.3) is 0 Å². The van der Waals surface area contributed by atoms with Gasteiger partial charge in [0.15, 0.2) is 0 Å². The van der Waals surface area contributed by atoms with Gasteiger partial charge in [-0.15, -0.1) is 0 Å². The number of methoxy groups -OCH3 is 1. The van der Waals surface area contributed by atoms with Crippen LogP contribution in [0.2, 0.25) is 0 Å². The molecule has 0 aliphatic carbocycles. The molecule has 1 aliphatic heterocycles. The minimum Gasteiger partial charge on any atom is -0.508 e. The minimum atomic E-state index is -0.166. The zero-order chi connectivity index (χ0) is 29.1. The molecule has 0 fully saturated rings. The summed E-state index contributed by atoms with van der Waals surface area (Å²) >= 11 is 0. The van der Waals surface area contributed by atoms with E-state index in [2.05, 4.69) is 38.2 Å². The molecule has 1 aliphatic rings. The highest BCUT2D eigenvalue weighted by Gasteiger charge is 2.32. The number of rotatable bonds is 13. The van der Waals surface area contributed by atoms with E-state index in [0.717, 1.165) is 85.1 Å². The molecule has 0 bridgehead atoms. The molecule has 5 heteroatoms. The van der Waals surface area contributed by atoms with E-state index in [1.807, 2.05) is 50.3 Å². The molecule has 2 aromatic carbocycles. The largest absolute Gasteiger partial charge is 0.508 e. The quantitative estimate of drug-likeness (QED) is 0.196. The van der Waals surface area contributed by atoms with Crippen LogP contribution in [0.3, 0.4) is 0 Å². The number of ether oxygens (including phenoxy) is 2. The van der Waals surface area contributed by atoms with E-state index >= 15 is 0 Å². The van der Waals surface area contributed by atoms with Gasteiger partial charge in [0.25, 0.3) is 0 Å². The number of aryl methyl sites for hydroxylation is 2. The molecule has 3 rings (SSSR count). The van der Waals surface area contributed by atoms with Gasteiger partial charge in [0.2, 0.25) is 5.91 Å². The second-order valence-corrected chi connectivity index (χ2v) is 11.4. The fourth-order valence-electron chi connectivity index (χ4n) is 5.08. The number of allylic oxidation sites excluding steroid dienone is 5. The van der Waals surface area contributed by atoms with Crippen molar-refractivity contribution in [3.63, 3.8) is 0 Å². The van der Waals surface area contributed by atoms with Crippen LogP contribution in [0, 0.1) is 6.92 Å². The van der Waals surface area contributed by atoms with Gasteiger partial charge in [-0.2, -0.15) is 0 Å². The third-order valence-electron chi connectivity index (χ3n) is 7.76. The summed E-state index contributed by atoms with van der Waals surface area (Å²) in [6.07, 6.45) is 14.5. The summed E-state index contributed by atoms with van der Waals surface area (Å²) in [5.41, 5.74) is 6.53. The first kappa shape index (κ1) is 31.1. The molecule has 40 heavy (non-hydrogen) atoms. The maximum Gasteiger partial charge on any atom is 0.246 e. The zero-order valence-corrected chi connectivity index (χ0v) is 25.2. The van der Waals surface area contributed by atoms with Crippen LogP contribution in [0.5, 0.6) is 17.2 Å². The molecule has 0 saturated carbocycles. The van der Waals surface area contributed by atoms with Crippen molar-refractivity contribution in [3.8, 4) is 17.2 Å². The van der Waals surface area contributed by atoms with Crippen LogP contribution >= 0.6 is 0 Å². The molecule has 0 radical (unpaired) electrons. The van der Waals surface area contributed by atoms with Crippen LogP contribution in [-0.2, 0) is 17.8 Å². The van der Waals surface area contributed by atoms with Crippen molar-refractivity contribution in [1.82, 2.24) is 5.32 Å². The Hall–Kier alpha value is -3.47. The fourth-order valence-corrected chi connectivity index (χ4v) is 5.08. The van der Waals surface area contributed by atoms with Crippen molar-refractivity contribution in [2.24, 2.45) is 0 Å². The number of phenolic OH excluding ortho intramolecular Hbond substituents is 1. The Kier molecular flexibility index (Phi) is 11.5. The Balaban J connectivity index is 1.35. The first-order valence-electron chi connectivity index (χ1n) is 14.5. The smallest absolute Gasteiger partial charge is 0.246 e. The van der Waals surface area contributed by atoms with E-state index in [9.17, 15) is 9.90 Å². The molecule has 1 heterocycles. The molecular weight excluding hydrogens is 498 g/mol. The summed E-state index contributed by atoms with van der Waals surface area (Å²) in [6, 6.07) is 11.3. The summed E-state index contributed by atoms with van der Waals surface area (Å²) in [6.45, 7) is 11.0. The lowest BCUT2D eigenvalue weighted by Gasteiger charge is -2.36. The van der Waals surface area contributed by atoms with Gasteiger partial charge in [0, 0.05) is 12.1 Å². The highest BCUT2D eigenvalue weighted by atomic mass is 16.5. The fraction of sp³-hybridized carbons (Fsp3) is 0.457. The number of benzene rings is 2. The van der Waals surface area contributed by atoms with Crippen molar-refractivity contribution in [1.29, 1.82) is 0 Å². The predicted octanol–water partition coefficient (Wildman–Crippen LogP) is 8.29. The number of carbonyl (C=O) groups is 1. The molecular formula is C35H47NO4. The van der Waals surface area contributed by atoms with Gasteiger partial charge in [-0.05, 0) is 127 Å². The van der Waals surface area contributed by atoms with Crippen LogP contribution in [0.1, 0.15) is 89.3 Å². The van der Waals surface area contributed by atoms with Crippen molar-refractivity contribution < 1.29 is 19.4 Å². The summed E-state index contributed by atoms with van der Waals surface area (Å²) in [4.78, 5) is 12.4. The summed E-state index contributed by atoms with van der Waals surface area (Å²) in [5, 5.41) is 12.9. The van der Waals surface area contributed by atoms with E-state index in [4.69, 9.17) is 9.47 Å². The normalized spacial score (nSPS) is 17.7. The lowest BCUT2D eigenvalue weighted by atomic mass is 9.87. The SMILES string of the molecule is COc1ccc(CNC(=O)/C(C)=C/CC/C(C)=C/CC/C(C)=C/CCC2(C)CCc3cc(O)cc(C)c3O2)cc1. The molecule has 2 aromatic rings. The Bertz CT molecular complexity index is 1240. The van der Waals surface area contributed by atoms with Crippen molar-refractivity contribution in [2.75, 3.05) is 7.11 Å². The molecule has 1 unspecified atom stereocenters. The lowest BCUT2D eigenvalue weighted by molar-refractivity contribution is -0.117. The standard InChI is InChI=1S/C35H47NO4/c1-25(12-8-14-27(3)34(38)36-24-29-15-17-32(39-6)18-16-29)10-7-11-26(2)13-9-20-35(5)21-19-30-23-31(37)22-28(4)33(30)40-35/h10,13-18,22-23,37H,7-9,11-12,19-21,24H2,1-6H3,(H,36,38)/b25-10+,26-13+,27-14+. The Morgan fingerprint density at radius 1 is 1.02 bits per heavy atom. The molecule has 5 nitrogen and oxygen atoms in total. The third-order valence-corrected chi connectivity index (χ3v) is 7.76. The van der Waals surface area contributed by atoms with Crippen LogP contribution < -0.4 is 14.8 Å². The number of amides is 1. The summed E-state index contributed by atoms with van der Waals surface area (Å²) in [5.74, 6) is 2.06. The first-order chi connectivity index (χ1) is 19.1. The number of hydrogen-bond donors (Lipinski definition) is 2. The van der Waals surface area contributed by atoms with Gasteiger partial charge < -0.3 is 19.9 Å². The topological polar surface area (TPSA) is 67.8 Å². The van der Waals surface area contributed by atoms with E-state index in [1.54, 1.807) is 13.2 Å². The molecule has 0 aromatic heterocycles. The molecule has 216 valence electrons. The highest BCUT2D eigenvalue weighted by molar-refractivity contribution is 5.92. The average Bonchev–Trinajstić information content (AvgIpc) is 2.92. The van der Waals surface area contributed by atoms with Crippen molar-refractivity contribution in [2.45, 2.75) is 98.1 Å². The molecule has 0 spiro atoms. The predicted molar refractivity (Wildman–Crippen MR) is 164 cm³/mol. The van der Waals surface area contributed by atoms with E-state index in [-0.39, 0.29) is 11.5 Å². The van der Waals surface area contributed by atoms with Gasteiger partial charge in [-0.3, -0.25) is 4.79 Å². The third kappa shape index (κ3) is 9.62. The van der Waals surface area contributed by atoms with E-state index in [0.29, 0.717) is 12.3 Å². The number of hydrogen-bond acceptors (Lipinski definition) is 4. The maximum atomic E-state index is 12.4. The first-order valence-corrected chi connectivity index (χ1v) is 14.5. The molecule has 2 N–H and O–H groups in total. The van der Waals surface area contributed by atoms with Crippen LogP contribution in [0.4, 0.5) is 0 Å². The second-order valence-electron chi connectivity index (χ2n) is 11.4. The van der Waals surface area contributed by atoms with Gasteiger partial charge >= 0.3 is 0 Å². The maximum absolute atomic E-state index is 12.4.